The molecule has 0 radical (unpaired) electrons. The monoisotopic (exact) mass is 524 g/mol. The zero-order chi connectivity index (χ0) is 25.9. The molecule has 0 aliphatic heterocycles. The molecule has 2 unspecified atom stereocenters. The number of amides is 1. The molecule has 0 spiro atoms. The lowest BCUT2D eigenvalue weighted by Gasteiger charge is -2.29. The van der Waals surface area contributed by atoms with Crippen molar-refractivity contribution in [3.05, 3.63) is 59.4 Å². The average molecular weight is 524 g/mol. The predicted octanol–water partition coefficient (Wildman–Crippen LogP) is 3.65. The Morgan fingerprint density at radius 3 is 2.29 bits per heavy atom. The highest BCUT2D eigenvalue weighted by molar-refractivity contribution is 7.91. The zero-order valence-corrected chi connectivity index (χ0v) is 19.2. The fraction of sp³-hybridized carbons (Fsp3) is 0.263. The summed E-state index contributed by atoms with van der Waals surface area (Å²) in [7, 11) is -8.71. The quantitative estimate of drug-likeness (QED) is 0.303. The maximum atomic E-state index is 13.2. The maximum absolute atomic E-state index is 13.2. The summed E-state index contributed by atoms with van der Waals surface area (Å²) in [4.78, 5) is 22.2. The molecular formula is C19H17F4N2O7PS. The minimum Gasteiger partial charge on any atom is -0.324 e. The summed E-state index contributed by atoms with van der Waals surface area (Å²) in [5.74, 6) is -3.44. The standard InChI is InChI=1S/C19H17F4N2O7PS/c1-18(32-33(27,28)31-2,11-34(29,30)15-7-4-13(20)5-8-15)17(26)25-14-6-3-12(10-24)16(9-14)19(21,22)23/h3-9H,11H2,1-2H3,(H,25,26)(H,27,28). The van der Waals surface area contributed by atoms with Gasteiger partial charge in [0.15, 0.2) is 15.4 Å². The van der Waals surface area contributed by atoms with Gasteiger partial charge in [-0.1, -0.05) is 0 Å². The molecule has 34 heavy (non-hydrogen) atoms. The SMILES string of the molecule is COP(=O)(O)OC(C)(CS(=O)(=O)c1ccc(F)cc1)C(=O)Nc1ccc(C#N)c(C(F)(F)F)c1. The number of halogens is 4. The van der Waals surface area contributed by atoms with Crippen LogP contribution in [0, 0.1) is 17.1 Å². The van der Waals surface area contributed by atoms with Gasteiger partial charge in [0.25, 0.3) is 5.91 Å². The van der Waals surface area contributed by atoms with Crippen molar-refractivity contribution in [1.29, 1.82) is 5.26 Å². The lowest BCUT2D eigenvalue weighted by atomic mass is 10.1. The van der Waals surface area contributed by atoms with E-state index in [2.05, 4.69) is 4.52 Å². The first-order chi connectivity index (χ1) is 15.5. The third-order valence-corrected chi connectivity index (χ3v) is 7.39. The number of phosphoric ester groups is 1. The van der Waals surface area contributed by atoms with Gasteiger partial charge in [0, 0.05) is 12.8 Å². The van der Waals surface area contributed by atoms with E-state index in [1.807, 2.05) is 5.32 Å². The Labute approximate surface area is 191 Å². The molecule has 1 amide bonds. The summed E-state index contributed by atoms with van der Waals surface area (Å²) < 4.78 is 99.4. The number of phosphoric acid groups is 1. The van der Waals surface area contributed by atoms with Crippen molar-refractivity contribution in [3.63, 3.8) is 0 Å². The van der Waals surface area contributed by atoms with Gasteiger partial charge < -0.3 is 10.2 Å². The smallest absolute Gasteiger partial charge is 0.324 e. The van der Waals surface area contributed by atoms with Crippen LogP contribution < -0.4 is 5.32 Å². The number of nitriles is 1. The molecule has 2 aromatic carbocycles. The summed E-state index contributed by atoms with van der Waals surface area (Å²) in [6.45, 7) is 0.805. The van der Waals surface area contributed by atoms with Gasteiger partial charge in [-0.15, -0.1) is 0 Å². The number of anilines is 1. The second-order valence-electron chi connectivity index (χ2n) is 7.01. The van der Waals surface area contributed by atoms with Crippen molar-refractivity contribution in [2.24, 2.45) is 0 Å². The summed E-state index contributed by atoms with van der Waals surface area (Å²) in [5, 5.41) is 10.9. The van der Waals surface area contributed by atoms with E-state index in [0.29, 0.717) is 6.07 Å². The first-order valence-electron chi connectivity index (χ1n) is 9.03. The number of sulfone groups is 1. The Morgan fingerprint density at radius 1 is 1.21 bits per heavy atom. The van der Waals surface area contributed by atoms with Crippen LogP contribution in [0.2, 0.25) is 0 Å². The van der Waals surface area contributed by atoms with E-state index in [0.717, 1.165) is 50.4 Å². The summed E-state index contributed by atoms with van der Waals surface area (Å²) in [6, 6.07) is 6.92. The molecule has 9 nitrogen and oxygen atoms in total. The molecule has 0 aliphatic rings. The van der Waals surface area contributed by atoms with Crippen molar-refractivity contribution in [2.45, 2.75) is 23.6 Å². The Kier molecular flexibility index (Phi) is 7.91. The summed E-state index contributed by atoms with van der Waals surface area (Å²) in [6.07, 6.45) is -4.95. The first-order valence-corrected chi connectivity index (χ1v) is 12.2. The van der Waals surface area contributed by atoms with Crippen LogP contribution >= 0.6 is 7.82 Å². The highest BCUT2D eigenvalue weighted by atomic mass is 32.2. The highest BCUT2D eigenvalue weighted by Gasteiger charge is 2.46. The highest BCUT2D eigenvalue weighted by Crippen LogP contribution is 2.47. The minimum absolute atomic E-state index is 0.431. The molecule has 0 fully saturated rings. The topological polar surface area (TPSA) is 143 Å². The van der Waals surface area contributed by atoms with Crippen molar-refractivity contribution in [3.8, 4) is 6.07 Å². The summed E-state index contributed by atoms with van der Waals surface area (Å²) >= 11 is 0. The number of nitrogens with one attached hydrogen (secondary N) is 1. The molecule has 0 saturated carbocycles. The first kappa shape index (κ1) is 27.4. The van der Waals surface area contributed by atoms with Gasteiger partial charge in [0.1, 0.15) is 5.82 Å². The Hall–Kier alpha value is -2.82. The van der Waals surface area contributed by atoms with Gasteiger partial charge in [-0.25, -0.2) is 17.4 Å². The third kappa shape index (κ3) is 6.62. The number of nitrogens with zero attached hydrogens (tertiary/aromatic N) is 1. The van der Waals surface area contributed by atoms with Gasteiger partial charge in [-0.05, 0) is 49.4 Å². The van der Waals surface area contributed by atoms with Gasteiger partial charge in [0.05, 0.1) is 27.8 Å². The number of hydrogen-bond donors (Lipinski definition) is 2. The Morgan fingerprint density at radius 2 is 1.79 bits per heavy atom. The molecule has 2 atom stereocenters. The molecule has 2 rings (SSSR count). The van der Waals surface area contributed by atoms with Crippen molar-refractivity contribution >= 4 is 29.3 Å². The van der Waals surface area contributed by atoms with Gasteiger partial charge in [0.2, 0.25) is 0 Å². The third-order valence-electron chi connectivity index (χ3n) is 4.37. The lowest BCUT2D eigenvalue weighted by molar-refractivity contribution is -0.137. The molecule has 0 bridgehead atoms. The van der Waals surface area contributed by atoms with Crippen molar-refractivity contribution in [1.82, 2.24) is 0 Å². The second kappa shape index (κ2) is 9.81. The fourth-order valence-corrected chi connectivity index (χ4v) is 5.18. The van der Waals surface area contributed by atoms with Crippen molar-refractivity contribution in [2.75, 3.05) is 18.2 Å². The van der Waals surface area contributed by atoms with Crippen molar-refractivity contribution < 1.29 is 49.3 Å². The van der Waals surface area contributed by atoms with Crippen LogP contribution in [0.25, 0.3) is 0 Å². The predicted molar refractivity (Wildman–Crippen MR) is 110 cm³/mol. The largest absolute Gasteiger partial charge is 0.472 e. The van der Waals surface area contributed by atoms with E-state index >= 15 is 0 Å². The van der Waals surface area contributed by atoms with E-state index in [4.69, 9.17) is 9.79 Å². The van der Waals surface area contributed by atoms with Crippen LogP contribution in [-0.2, 0) is 34.4 Å². The molecule has 0 aromatic heterocycles. The lowest BCUT2D eigenvalue weighted by Crippen LogP contribution is -2.47. The van der Waals surface area contributed by atoms with E-state index in [1.165, 1.54) is 6.07 Å². The average Bonchev–Trinajstić information content (AvgIpc) is 2.72. The molecule has 0 saturated heterocycles. The number of alkyl halides is 3. The normalized spacial score (nSPS) is 15.6. The van der Waals surface area contributed by atoms with Gasteiger partial charge >= 0.3 is 14.0 Å². The molecule has 2 N–H and O–H groups in total. The Bertz CT molecular complexity index is 1280. The molecule has 184 valence electrons. The molecule has 15 heteroatoms. The fourth-order valence-electron chi connectivity index (χ4n) is 2.73. The second-order valence-corrected chi connectivity index (χ2v) is 10.5. The molecular weight excluding hydrogens is 507 g/mol. The van der Waals surface area contributed by atoms with Gasteiger partial charge in [-0.2, -0.15) is 18.4 Å². The molecule has 0 heterocycles. The van der Waals surface area contributed by atoms with Crippen LogP contribution in [0.15, 0.2) is 47.4 Å². The van der Waals surface area contributed by atoms with E-state index < -0.39 is 68.6 Å². The van der Waals surface area contributed by atoms with Crippen LogP contribution in [0.5, 0.6) is 0 Å². The molecule has 0 aliphatic carbocycles. The summed E-state index contributed by atoms with van der Waals surface area (Å²) in [5.41, 5.74) is -5.28. The number of carbonyl (C=O) groups is 1. The number of hydrogen-bond acceptors (Lipinski definition) is 7. The van der Waals surface area contributed by atoms with Crippen LogP contribution in [0.3, 0.4) is 0 Å². The van der Waals surface area contributed by atoms with E-state index in [-0.39, 0.29) is 0 Å². The number of benzene rings is 2. The Balaban J connectivity index is 2.48. The minimum atomic E-state index is -5.00. The number of carbonyl (C=O) groups excluding carboxylic acids is 1. The van der Waals surface area contributed by atoms with Gasteiger partial charge in [-0.3, -0.25) is 13.8 Å². The zero-order valence-electron chi connectivity index (χ0n) is 17.5. The van der Waals surface area contributed by atoms with Crippen LogP contribution in [0.1, 0.15) is 18.1 Å². The maximum Gasteiger partial charge on any atom is 0.472 e. The van der Waals surface area contributed by atoms with Crippen LogP contribution in [-0.4, -0.2) is 37.7 Å². The van der Waals surface area contributed by atoms with Crippen LogP contribution in [0.4, 0.5) is 23.2 Å². The van der Waals surface area contributed by atoms with E-state index in [9.17, 15) is 40.2 Å². The van der Waals surface area contributed by atoms with E-state index in [1.54, 1.807) is 0 Å². The molecule has 2 aromatic rings. The number of rotatable bonds is 8.